The molecule has 23 heavy (non-hydrogen) atoms. The van der Waals surface area contributed by atoms with Crippen molar-refractivity contribution in [1.29, 1.82) is 0 Å². The van der Waals surface area contributed by atoms with Gasteiger partial charge >= 0.3 is 0 Å². The summed E-state index contributed by atoms with van der Waals surface area (Å²) in [7, 11) is 0. The van der Waals surface area contributed by atoms with E-state index in [1.54, 1.807) is 17.0 Å². The molecule has 0 radical (unpaired) electrons. The zero-order valence-electron chi connectivity index (χ0n) is 12.7. The van der Waals surface area contributed by atoms with Crippen LogP contribution < -0.4 is 4.90 Å². The van der Waals surface area contributed by atoms with Gasteiger partial charge in [-0.05, 0) is 26.3 Å². The number of non-ortho nitro benzene ring substituents is 1. The van der Waals surface area contributed by atoms with E-state index in [-0.39, 0.29) is 16.8 Å². The van der Waals surface area contributed by atoms with Crippen molar-refractivity contribution in [2.24, 2.45) is 0 Å². The molecule has 0 bridgehead atoms. The molecule has 1 fully saturated rings. The normalized spacial score (nSPS) is 17.7. The SMILES string of the molecule is Cc1nc(S[C@@H]2CCN(c3cccc([N+](=O)[O-])c3)C2=O)oc1C. The Bertz CT molecular complexity index is 754. The number of aryl methyl sites for hydroxylation is 2. The first-order valence-corrected chi connectivity index (χ1v) is 8.00. The summed E-state index contributed by atoms with van der Waals surface area (Å²) in [4.78, 5) is 28.8. The summed E-state index contributed by atoms with van der Waals surface area (Å²) in [6, 6.07) is 6.12. The van der Waals surface area contributed by atoms with Crippen LogP contribution in [-0.2, 0) is 4.79 Å². The van der Waals surface area contributed by atoms with Crippen LogP contribution in [0.25, 0.3) is 0 Å². The molecule has 0 aliphatic carbocycles. The van der Waals surface area contributed by atoms with Gasteiger partial charge < -0.3 is 9.32 Å². The number of carbonyl (C=O) groups is 1. The highest BCUT2D eigenvalue weighted by atomic mass is 32.2. The summed E-state index contributed by atoms with van der Waals surface area (Å²) in [6.07, 6.45) is 0.646. The van der Waals surface area contributed by atoms with E-state index in [0.717, 1.165) is 11.5 Å². The maximum absolute atomic E-state index is 12.5. The minimum atomic E-state index is -0.464. The number of nitro benzene ring substituents is 1. The number of oxazole rings is 1. The molecule has 1 aliphatic heterocycles. The molecule has 120 valence electrons. The number of carbonyl (C=O) groups excluding carboxylic acids is 1. The molecule has 1 atom stereocenters. The number of rotatable bonds is 4. The fourth-order valence-electron chi connectivity index (χ4n) is 2.41. The van der Waals surface area contributed by atoms with E-state index in [0.29, 0.717) is 23.9 Å². The summed E-state index contributed by atoms with van der Waals surface area (Å²) >= 11 is 1.30. The second-order valence-electron chi connectivity index (χ2n) is 5.28. The lowest BCUT2D eigenvalue weighted by Crippen LogP contribution is -2.28. The van der Waals surface area contributed by atoms with Crippen LogP contribution in [-0.4, -0.2) is 27.6 Å². The molecule has 7 nitrogen and oxygen atoms in total. The number of amides is 1. The Morgan fingerprint density at radius 1 is 1.43 bits per heavy atom. The number of aromatic nitrogens is 1. The standard InChI is InChI=1S/C15H15N3O4S/c1-9-10(2)22-15(16-9)23-13-6-7-17(14(13)19)11-4-3-5-12(8-11)18(20)21/h3-5,8,13H,6-7H2,1-2H3/t13-/m1/s1. The highest BCUT2D eigenvalue weighted by Gasteiger charge is 2.35. The number of nitro groups is 1. The summed E-state index contributed by atoms with van der Waals surface area (Å²) in [5.41, 5.74) is 1.34. The maximum atomic E-state index is 12.5. The molecule has 1 aromatic heterocycles. The summed E-state index contributed by atoms with van der Waals surface area (Å²) < 4.78 is 5.51. The number of nitrogens with zero attached hydrogens (tertiary/aromatic N) is 3. The van der Waals surface area contributed by atoms with Gasteiger partial charge in [-0.15, -0.1) is 0 Å². The number of anilines is 1. The molecule has 0 saturated carbocycles. The molecule has 1 amide bonds. The zero-order chi connectivity index (χ0) is 16.6. The number of hydrogen-bond donors (Lipinski definition) is 0. The Balaban J connectivity index is 1.76. The third-order valence-electron chi connectivity index (χ3n) is 3.76. The van der Waals surface area contributed by atoms with Crippen LogP contribution in [0.4, 0.5) is 11.4 Å². The molecule has 0 N–H and O–H groups in total. The molecule has 1 aliphatic rings. The van der Waals surface area contributed by atoms with E-state index >= 15 is 0 Å². The number of benzene rings is 1. The topological polar surface area (TPSA) is 89.5 Å². The van der Waals surface area contributed by atoms with Crippen LogP contribution in [0.5, 0.6) is 0 Å². The largest absolute Gasteiger partial charge is 0.437 e. The highest BCUT2D eigenvalue weighted by Crippen LogP contribution is 2.34. The Morgan fingerprint density at radius 3 is 2.87 bits per heavy atom. The van der Waals surface area contributed by atoms with Crippen LogP contribution in [0.2, 0.25) is 0 Å². The third kappa shape index (κ3) is 3.07. The van der Waals surface area contributed by atoms with Gasteiger partial charge in [-0.3, -0.25) is 14.9 Å². The third-order valence-corrected chi connectivity index (χ3v) is 4.86. The van der Waals surface area contributed by atoms with Gasteiger partial charge in [0.05, 0.1) is 21.6 Å². The van der Waals surface area contributed by atoms with Crippen LogP contribution in [0.15, 0.2) is 33.9 Å². The average Bonchev–Trinajstić information content (AvgIpc) is 3.03. The van der Waals surface area contributed by atoms with Crippen molar-refractivity contribution >= 4 is 29.0 Å². The van der Waals surface area contributed by atoms with E-state index in [2.05, 4.69) is 4.98 Å². The monoisotopic (exact) mass is 333 g/mol. The first-order valence-electron chi connectivity index (χ1n) is 7.12. The lowest BCUT2D eigenvalue weighted by atomic mass is 10.2. The Kier molecular flexibility index (Phi) is 4.08. The van der Waals surface area contributed by atoms with Gasteiger partial charge in [-0.2, -0.15) is 0 Å². The van der Waals surface area contributed by atoms with E-state index in [1.807, 2.05) is 13.8 Å². The smallest absolute Gasteiger partial charge is 0.271 e. The van der Waals surface area contributed by atoms with Crippen molar-refractivity contribution in [3.8, 4) is 0 Å². The number of thioether (sulfide) groups is 1. The quantitative estimate of drug-likeness (QED) is 0.631. The zero-order valence-corrected chi connectivity index (χ0v) is 13.5. The first-order chi connectivity index (χ1) is 11.0. The lowest BCUT2D eigenvalue weighted by Gasteiger charge is -2.16. The predicted octanol–water partition coefficient (Wildman–Crippen LogP) is 3.10. The van der Waals surface area contributed by atoms with E-state index < -0.39 is 4.92 Å². The minimum Gasteiger partial charge on any atom is -0.437 e. The molecule has 2 heterocycles. The Morgan fingerprint density at radius 2 is 2.22 bits per heavy atom. The molecule has 2 aromatic rings. The van der Waals surface area contributed by atoms with E-state index in [9.17, 15) is 14.9 Å². The molecular formula is C15H15N3O4S. The molecule has 3 rings (SSSR count). The van der Waals surface area contributed by atoms with Crippen molar-refractivity contribution in [3.05, 3.63) is 45.8 Å². The van der Waals surface area contributed by atoms with Gasteiger partial charge in [0.2, 0.25) is 5.91 Å². The van der Waals surface area contributed by atoms with Crippen LogP contribution in [0, 0.1) is 24.0 Å². The molecule has 0 unspecified atom stereocenters. The second kappa shape index (κ2) is 6.04. The van der Waals surface area contributed by atoms with Crippen LogP contribution in [0.3, 0.4) is 0 Å². The van der Waals surface area contributed by atoms with Gasteiger partial charge in [0.1, 0.15) is 5.76 Å². The summed E-state index contributed by atoms with van der Waals surface area (Å²) in [6.45, 7) is 4.21. The predicted molar refractivity (Wildman–Crippen MR) is 85.7 cm³/mol. The van der Waals surface area contributed by atoms with Crippen LogP contribution >= 0.6 is 11.8 Å². The van der Waals surface area contributed by atoms with Crippen molar-refractivity contribution in [1.82, 2.24) is 4.98 Å². The number of hydrogen-bond acceptors (Lipinski definition) is 6. The van der Waals surface area contributed by atoms with Gasteiger partial charge in [0.15, 0.2) is 0 Å². The van der Waals surface area contributed by atoms with Crippen LogP contribution in [0.1, 0.15) is 17.9 Å². The van der Waals surface area contributed by atoms with Gasteiger partial charge in [0.25, 0.3) is 10.9 Å². The van der Waals surface area contributed by atoms with E-state index in [4.69, 9.17) is 4.42 Å². The Hall–Kier alpha value is -2.35. The highest BCUT2D eigenvalue weighted by molar-refractivity contribution is 8.00. The summed E-state index contributed by atoms with van der Waals surface area (Å²) in [5, 5.41) is 11.1. The fourth-order valence-corrected chi connectivity index (χ4v) is 3.47. The van der Waals surface area contributed by atoms with Crippen molar-refractivity contribution < 1.29 is 14.1 Å². The second-order valence-corrected chi connectivity index (χ2v) is 6.44. The van der Waals surface area contributed by atoms with Gasteiger partial charge in [0, 0.05) is 18.7 Å². The molecular weight excluding hydrogens is 318 g/mol. The van der Waals surface area contributed by atoms with Crippen molar-refractivity contribution in [3.63, 3.8) is 0 Å². The maximum Gasteiger partial charge on any atom is 0.271 e. The lowest BCUT2D eigenvalue weighted by molar-refractivity contribution is -0.384. The Labute approximate surface area is 136 Å². The summed E-state index contributed by atoms with van der Waals surface area (Å²) in [5.74, 6) is 0.664. The van der Waals surface area contributed by atoms with Crippen molar-refractivity contribution in [2.45, 2.75) is 30.7 Å². The minimum absolute atomic E-state index is 0.0228. The van der Waals surface area contributed by atoms with E-state index in [1.165, 1.54) is 23.9 Å². The average molecular weight is 333 g/mol. The van der Waals surface area contributed by atoms with Gasteiger partial charge in [-0.1, -0.05) is 17.8 Å². The molecule has 0 spiro atoms. The molecule has 1 saturated heterocycles. The molecule has 8 heteroatoms. The van der Waals surface area contributed by atoms with Crippen molar-refractivity contribution in [2.75, 3.05) is 11.4 Å². The fraction of sp³-hybridized carbons (Fsp3) is 0.333. The molecule has 1 aromatic carbocycles. The van der Waals surface area contributed by atoms with Gasteiger partial charge in [-0.25, -0.2) is 4.98 Å². The first kappa shape index (κ1) is 15.5.